The number of rotatable bonds is 6. The highest BCUT2D eigenvalue weighted by molar-refractivity contribution is 5.60. The highest BCUT2D eigenvalue weighted by Crippen LogP contribution is 2.24. The van der Waals surface area contributed by atoms with Gasteiger partial charge in [-0.25, -0.2) is 9.97 Å². The number of hydrogen-bond acceptors (Lipinski definition) is 4. The molecule has 0 radical (unpaired) electrons. The minimum atomic E-state index is 0.737. The van der Waals surface area contributed by atoms with Crippen molar-refractivity contribution in [1.82, 2.24) is 15.3 Å². The summed E-state index contributed by atoms with van der Waals surface area (Å²) in [6, 6.07) is 8.27. The fourth-order valence-corrected chi connectivity index (χ4v) is 2.26. The van der Waals surface area contributed by atoms with E-state index in [0.29, 0.717) is 0 Å². The Kier molecular flexibility index (Phi) is 5.28. The molecule has 0 aliphatic heterocycles. The van der Waals surface area contributed by atoms with Crippen molar-refractivity contribution in [3.63, 3.8) is 0 Å². The number of nitrogens with one attached hydrogen (secondary N) is 1. The number of benzene rings is 1. The van der Waals surface area contributed by atoms with Crippen molar-refractivity contribution in [2.75, 3.05) is 18.5 Å². The minimum absolute atomic E-state index is 0.737. The Labute approximate surface area is 127 Å². The third-order valence-corrected chi connectivity index (χ3v) is 3.59. The third kappa shape index (κ3) is 3.79. The van der Waals surface area contributed by atoms with Crippen molar-refractivity contribution >= 4 is 11.6 Å². The monoisotopic (exact) mass is 284 g/mol. The van der Waals surface area contributed by atoms with Crippen LogP contribution >= 0.6 is 0 Å². The standard InChI is InChI=1S/C17H24N4/c1-5-10-18-11-15-12-19-17(20-14(15)3)21(4)16-9-7-6-8-13(16)2/h6-9,12,18H,5,10-11H2,1-4H3. The van der Waals surface area contributed by atoms with E-state index in [1.54, 1.807) is 0 Å². The summed E-state index contributed by atoms with van der Waals surface area (Å²) in [6.45, 7) is 8.15. The number of aromatic nitrogens is 2. The predicted octanol–water partition coefficient (Wildman–Crippen LogP) is 3.36. The molecular weight excluding hydrogens is 260 g/mol. The zero-order valence-electron chi connectivity index (χ0n) is 13.3. The first-order valence-electron chi connectivity index (χ1n) is 7.46. The zero-order chi connectivity index (χ0) is 15.2. The lowest BCUT2D eigenvalue weighted by atomic mass is 10.2. The van der Waals surface area contributed by atoms with Crippen LogP contribution in [0.4, 0.5) is 11.6 Å². The molecular formula is C17H24N4. The zero-order valence-corrected chi connectivity index (χ0v) is 13.3. The van der Waals surface area contributed by atoms with Crippen LogP contribution in [0.3, 0.4) is 0 Å². The Morgan fingerprint density at radius 2 is 1.95 bits per heavy atom. The summed E-state index contributed by atoms with van der Waals surface area (Å²) in [7, 11) is 2.01. The second-order valence-electron chi connectivity index (χ2n) is 5.30. The maximum absolute atomic E-state index is 4.64. The second kappa shape index (κ2) is 7.18. The molecule has 0 atom stereocenters. The van der Waals surface area contributed by atoms with Gasteiger partial charge in [0.25, 0.3) is 0 Å². The van der Waals surface area contributed by atoms with Crippen LogP contribution in [0.15, 0.2) is 30.5 Å². The van der Waals surface area contributed by atoms with Crippen molar-refractivity contribution < 1.29 is 0 Å². The van der Waals surface area contributed by atoms with Gasteiger partial charge in [0.15, 0.2) is 0 Å². The SMILES string of the molecule is CCCNCc1cnc(N(C)c2ccccc2C)nc1C. The average Bonchev–Trinajstić information content (AvgIpc) is 2.49. The summed E-state index contributed by atoms with van der Waals surface area (Å²) >= 11 is 0. The second-order valence-corrected chi connectivity index (χ2v) is 5.30. The summed E-state index contributed by atoms with van der Waals surface area (Å²) in [5.41, 5.74) is 4.54. The van der Waals surface area contributed by atoms with Gasteiger partial charge >= 0.3 is 0 Å². The minimum Gasteiger partial charge on any atom is -0.313 e. The van der Waals surface area contributed by atoms with Gasteiger partial charge in [-0.05, 0) is 38.4 Å². The highest BCUT2D eigenvalue weighted by Gasteiger charge is 2.10. The fraction of sp³-hybridized carbons (Fsp3) is 0.412. The summed E-state index contributed by atoms with van der Waals surface area (Å²) in [6.07, 6.45) is 3.06. The molecule has 1 aromatic carbocycles. The molecule has 0 aliphatic rings. The van der Waals surface area contributed by atoms with Gasteiger partial charge in [0.2, 0.25) is 5.95 Å². The van der Waals surface area contributed by atoms with Crippen LogP contribution in [-0.4, -0.2) is 23.6 Å². The molecule has 0 bridgehead atoms. The summed E-state index contributed by atoms with van der Waals surface area (Å²) in [4.78, 5) is 11.2. The molecule has 0 amide bonds. The number of hydrogen-bond donors (Lipinski definition) is 1. The van der Waals surface area contributed by atoms with Crippen LogP contribution in [0.1, 0.15) is 30.2 Å². The molecule has 21 heavy (non-hydrogen) atoms. The van der Waals surface area contributed by atoms with Gasteiger partial charge in [-0.1, -0.05) is 25.1 Å². The van der Waals surface area contributed by atoms with Gasteiger partial charge in [-0.2, -0.15) is 0 Å². The van der Waals surface area contributed by atoms with Crippen molar-refractivity contribution in [3.8, 4) is 0 Å². The molecule has 1 aromatic heterocycles. The maximum Gasteiger partial charge on any atom is 0.229 e. The molecule has 1 heterocycles. The van der Waals surface area contributed by atoms with Gasteiger partial charge in [-0.15, -0.1) is 0 Å². The smallest absolute Gasteiger partial charge is 0.229 e. The fourth-order valence-electron chi connectivity index (χ4n) is 2.26. The Hall–Kier alpha value is -1.94. The number of para-hydroxylation sites is 1. The van der Waals surface area contributed by atoms with Gasteiger partial charge in [0.1, 0.15) is 0 Å². The number of aryl methyl sites for hydroxylation is 2. The van der Waals surface area contributed by atoms with E-state index in [9.17, 15) is 0 Å². The Morgan fingerprint density at radius 3 is 2.62 bits per heavy atom. The van der Waals surface area contributed by atoms with Gasteiger partial charge in [-0.3, -0.25) is 0 Å². The quantitative estimate of drug-likeness (QED) is 0.826. The summed E-state index contributed by atoms with van der Waals surface area (Å²) in [5, 5.41) is 3.39. The molecule has 0 fully saturated rings. The van der Waals surface area contributed by atoms with E-state index < -0.39 is 0 Å². The lowest BCUT2D eigenvalue weighted by Crippen LogP contribution is -2.18. The Morgan fingerprint density at radius 1 is 1.19 bits per heavy atom. The van der Waals surface area contributed by atoms with Crippen LogP contribution < -0.4 is 10.2 Å². The largest absolute Gasteiger partial charge is 0.313 e. The van der Waals surface area contributed by atoms with Crippen molar-refractivity contribution in [2.24, 2.45) is 0 Å². The Balaban J connectivity index is 2.18. The van der Waals surface area contributed by atoms with Crippen LogP contribution in [-0.2, 0) is 6.54 Å². The molecule has 112 valence electrons. The maximum atomic E-state index is 4.64. The molecule has 2 rings (SSSR count). The topological polar surface area (TPSA) is 41.1 Å². The molecule has 0 unspecified atom stereocenters. The highest BCUT2D eigenvalue weighted by atomic mass is 15.2. The summed E-state index contributed by atoms with van der Waals surface area (Å²) < 4.78 is 0. The first kappa shape index (κ1) is 15.4. The molecule has 4 heteroatoms. The van der Waals surface area contributed by atoms with E-state index in [1.165, 1.54) is 5.56 Å². The molecule has 0 aliphatic carbocycles. The number of anilines is 2. The average molecular weight is 284 g/mol. The van der Waals surface area contributed by atoms with Crippen LogP contribution in [0.25, 0.3) is 0 Å². The molecule has 0 spiro atoms. The van der Waals surface area contributed by atoms with E-state index in [-0.39, 0.29) is 0 Å². The van der Waals surface area contributed by atoms with E-state index in [2.05, 4.69) is 41.3 Å². The third-order valence-electron chi connectivity index (χ3n) is 3.59. The Bertz CT molecular complexity index is 595. The molecule has 1 N–H and O–H groups in total. The normalized spacial score (nSPS) is 10.7. The van der Waals surface area contributed by atoms with Crippen LogP contribution in [0.5, 0.6) is 0 Å². The van der Waals surface area contributed by atoms with Gasteiger partial charge in [0.05, 0.1) is 0 Å². The van der Waals surface area contributed by atoms with Crippen molar-refractivity contribution in [3.05, 3.63) is 47.3 Å². The van der Waals surface area contributed by atoms with E-state index >= 15 is 0 Å². The van der Waals surface area contributed by atoms with E-state index in [1.807, 2.05) is 37.2 Å². The summed E-state index contributed by atoms with van der Waals surface area (Å²) in [5.74, 6) is 0.737. The lowest BCUT2D eigenvalue weighted by Gasteiger charge is -2.20. The van der Waals surface area contributed by atoms with Crippen LogP contribution in [0, 0.1) is 13.8 Å². The van der Waals surface area contributed by atoms with Gasteiger partial charge in [0, 0.05) is 36.7 Å². The lowest BCUT2D eigenvalue weighted by molar-refractivity contribution is 0.668. The predicted molar refractivity (Wildman–Crippen MR) is 88.0 cm³/mol. The molecule has 2 aromatic rings. The molecule has 4 nitrogen and oxygen atoms in total. The first-order valence-corrected chi connectivity index (χ1v) is 7.46. The van der Waals surface area contributed by atoms with Gasteiger partial charge < -0.3 is 10.2 Å². The van der Waals surface area contributed by atoms with E-state index in [0.717, 1.165) is 42.4 Å². The number of nitrogens with zero attached hydrogens (tertiary/aromatic N) is 3. The first-order chi connectivity index (χ1) is 10.1. The van der Waals surface area contributed by atoms with Crippen LogP contribution in [0.2, 0.25) is 0 Å². The van der Waals surface area contributed by atoms with Crippen molar-refractivity contribution in [1.29, 1.82) is 0 Å². The van der Waals surface area contributed by atoms with Crippen molar-refractivity contribution in [2.45, 2.75) is 33.7 Å². The molecule has 0 saturated carbocycles. The van der Waals surface area contributed by atoms with E-state index in [4.69, 9.17) is 0 Å². The molecule has 0 saturated heterocycles.